The Bertz CT molecular complexity index is 484. The molecular formula is C14H15NS. The monoisotopic (exact) mass is 229 g/mol. The molecule has 82 valence electrons. The van der Waals surface area contributed by atoms with Crippen LogP contribution in [0, 0.1) is 0 Å². The number of nitrogens with one attached hydrogen (secondary N) is 1. The summed E-state index contributed by atoms with van der Waals surface area (Å²) in [7, 11) is 0. The van der Waals surface area contributed by atoms with E-state index in [1.807, 2.05) is 11.8 Å². The molecule has 0 saturated carbocycles. The number of benzene rings is 2. The summed E-state index contributed by atoms with van der Waals surface area (Å²) in [6.45, 7) is 0. The van der Waals surface area contributed by atoms with Gasteiger partial charge in [-0.1, -0.05) is 36.4 Å². The van der Waals surface area contributed by atoms with E-state index >= 15 is 0 Å². The average molecular weight is 229 g/mol. The van der Waals surface area contributed by atoms with Crippen molar-refractivity contribution in [3.63, 3.8) is 0 Å². The first kappa shape index (κ1) is 10.0. The number of hydrogen-bond donors (Lipinski definition) is 1. The Morgan fingerprint density at radius 2 is 1.94 bits per heavy atom. The predicted molar refractivity (Wildman–Crippen MR) is 73.3 cm³/mol. The Morgan fingerprint density at radius 1 is 1.06 bits per heavy atom. The quantitative estimate of drug-likeness (QED) is 0.841. The molecule has 16 heavy (non-hydrogen) atoms. The molecule has 1 aliphatic rings. The molecule has 3 rings (SSSR count). The number of fused-ring (bicyclic) bond motifs is 1. The third-order valence-electron chi connectivity index (χ3n) is 3.08. The molecule has 0 aromatic heterocycles. The van der Waals surface area contributed by atoms with E-state index < -0.39 is 0 Å². The first-order valence-corrected chi connectivity index (χ1v) is 6.91. The van der Waals surface area contributed by atoms with Crippen LogP contribution in [0.15, 0.2) is 42.5 Å². The molecule has 1 atom stereocenters. The van der Waals surface area contributed by atoms with Crippen molar-refractivity contribution in [3.05, 3.63) is 42.5 Å². The first-order chi connectivity index (χ1) is 7.93. The highest BCUT2D eigenvalue weighted by Gasteiger charge is 2.15. The van der Waals surface area contributed by atoms with Crippen molar-refractivity contribution in [2.45, 2.75) is 12.5 Å². The Kier molecular flexibility index (Phi) is 2.75. The third-order valence-corrected chi connectivity index (χ3v) is 4.24. The predicted octanol–water partition coefficient (Wildman–Crippen LogP) is 3.76. The van der Waals surface area contributed by atoms with E-state index in [0.717, 1.165) is 0 Å². The molecule has 1 nitrogen and oxygen atoms in total. The maximum atomic E-state index is 3.66. The van der Waals surface area contributed by atoms with Crippen LogP contribution < -0.4 is 5.32 Å². The zero-order valence-electron chi connectivity index (χ0n) is 9.15. The second-order valence-corrected chi connectivity index (χ2v) is 5.38. The minimum Gasteiger partial charge on any atom is -0.381 e. The summed E-state index contributed by atoms with van der Waals surface area (Å²) < 4.78 is 0. The van der Waals surface area contributed by atoms with Crippen LogP contribution in [0.2, 0.25) is 0 Å². The molecule has 2 heteroatoms. The summed E-state index contributed by atoms with van der Waals surface area (Å²) in [6.07, 6.45) is 1.29. The molecule has 0 amide bonds. The van der Waals surface area contributed by atoms with Crippen LogP contribution in [0.3, 0.4) is 0 Å². The minimum absolute atomic E-state index is 0.649. The molecule has 0 aliphatic carbocycles. The van der Waals surface area contributed by atoms with E-state index in [9.17, 15) is 0 Å². The van der Waals surface area contributed by atoms with Crippen molar-refractivity contribution in [1.82, 2.24) is 0 Å². The van der Waals surface area contributed by atoms with E-state index in [2.05, 4.69) is 47.8 Å². The second-order valence-electron chi connectivity index (χ2n) is 4.23. The van der Waals surface area contributed by atoms with Crippen LogP contribution in [0.5, 0.6) is 0 Å². The smallest absolute Gasteiger partial charge is 0.0422 e. The number of hydrogen-bond acceptors (Lipinski definition) is 2. The highest BCUT2D eigenvalue weighted by Crippen LogP contribution is 2.27. The van der Waals surface area contributed by atoms with Gasteiger partial charge >= 0.3 is 0 Å². The standard InChI is InChI=1S/C14H15NS/c1-2-6-13-11(4-1)5-3-7-14(13)15-12-8-9-16-10-12/h1-7,12,15H,8-10H2. The number of rotatable bonds is 2. The Morgan fingerprint density at radius 3 is 2.81 bits per heavy atom. The largest absolute Gasteiger partial charge is 0.381 e. The zero-order chi connectivity index (χ0) is 10.8. The highest BCUT2D eigenvalue weighted by molar-refractivity contribution is 7.99. The maximum absolute atomic E-state index is 3.66. The van der Waals surface area contributed by atoms with Gasteiger partial charge in [0.15, 0.2) is 0 Å². The van der Waals surface area contributed by atoms with Gasteiger partial charge in [0.2, 0.25) is 0 Å². The van der Waals surface area contributed by atoms with Crippen LogP contribution in [0.4, 0.5) is 5.69 Å². The molecule has 0 bridgehead atoms. The Balaban J connectivity index is 1.96. The van der Waals surface area contributed by atoms with E-state index in [4.69, 9.17) is 0 Å². The van der Waals surface area contributed by atoms with E-state index in [1.165, 1.54) is 34.4 Å². The Labute approximate surface area is 100 Å². The van der Waals surface area contributed by atoms with Crippen molar-refractivity contribution >= 4 is 28.2 Å². The zero-order valence-corrected chi connectivity index (χ0v) is 9.96. The Hall–Kier alpha value is -1.15. The lowest BCUT2D eigenvalue weighted by atomic mass is 10.1. The van der Waals surface area contributed by atoms with Gasteiger partial charge in [-0.05, 0) is 23.6 Å². The van der Waals surface area contributed by atoms with E-state index in [1.54, 1.807) is 0 Å². The topological polar surface area (TPSA) is 12.0 Å². The van der Waals surface area contributed by atoms with Crippen molar-refractivity contribution in [2.75, 3.05) is 16.8 Å². The van der Waals surface area contributed by atoms with Gasteiger partial charge in [0.05, 0.1) is 0 Å². The van der Waals surface area contributed by atoms with Crippen LogP contribution in [0.25, 0.3) is 10.8 Å². The molecule has 1 heterocycles. The fraction of sp³-hybridized carbons (Fsp3) is 0.286. The molecule has 0 radical (unpaired) electrons. The molecule has 1 fully saturated rings. The SMILES string of the molecule is c1ccc2c(NC3CCSC3)cccc2c1. The summed E-state index contributed by atoms with van der Waals surface area (Å²) in [5.41, 5.74) is 1.28. The summed E-state index contributed by atoms with van der Waals surface area (Å²) in [5.74, 6) is 2.53. The van der Waals surface area contributed by atoms with Gasteiger partial charge in [-0.15, -0.1) is 0 Å². The summed E-state index contributed by atoms with van der Waals surface area (Å²) in [6, 6.07) is 15.7. The molecule has 1 saturated heterocycles. The number of anilines is 1. The van der Waals surface area contributed by atoms with Crippen LogP contribution in [0.1, 0.15) is 6.42 Å². The summed E-state index contributed by atoms with van der Waals surface area (Å²) >= 11 is 2.04. The molecule has 2 aromatic rings. The van der Waals surface area contributed by atoms with Gasteiger partial charge in [-0.3, -0.25) is 0 Å². The number of thioether (sulfide) groups is 1. The van der Waals surface area contributed by atoms with Crippen LogP contribution in [-0.2, 0) is 0 Å². The normalized spacial score (nSPS) is 20.1. The van der Waals surface area contributed by atoms with Gasteiger partial charge in [-0.25, -0.2) is 0 Å². The van der Waals surface area contributed by atoms with Gasteiger partial charge in [0.1, 0.15) is 0 Å². The summed E-state index contributed by atoms with van der Waals surface area (Å²) in [4.78, 5) is 0. The third kappa shape index (κ3) is 1.90. The van der Waals surface area contributed by atoms with Crippen molar-refractivity contribution in [3.8, 4) is 0 Å². The first-order valence-electron chi connectivity index (χ1n) is 5.75. The van der Waals surface area contributed by atoms with Crippen molar-refractivity contribution in [2.24, 2.45) is 0 Å². The molecular weight excluding hydrogens is 214 g/mol. The maximum Gasteiger partial charge on any atom is 0.0422 e. The average Bonchev–Trinajstić information content (AvgIpc) is 2.82. The van der Waals surface area contributed by atoms with Crippen molar-refractivity contribution in [1.29, 1.82) is 0 Å². The molecule has 2 aromatic carbocycles. The molecule has 0 spiro atoms. The van der Waals surface area contributed by atoms with Crippen molar-refractivity contribution < 1.29 is 0 Å². The van der Waals surface area contributed by atoms with Gasteiger partial charge in [0.25, 0.3) is 0 Å². The molecule has 1 aliphatic heterocycles. The lowest BCUT2D eigenvalue weighted by molar-refractivity contribution is 0.814. The second kappa shape index (κ2) is 4.38. The highest BCUT2D eigenvalue weighted by atomic mass is 32.2. The van der Waals surface area contributed by atoms with Gasteiger partial charge in [0, 0.05) is 22.9 Å². The summed E-state index contributed by atoms with van der Waals surface area (Å²) in [5, 5.41) is 6.32. The fourth-order valence-corrected chi connectivity index (χ4v) is 3.37. The van der Waals surface area contributed by atoms with E-state index in [-0.39, 0.29) is 0 Å². The lowest BCUT2D eigenvalue weighted by Gasteiger charge is -2.14. The van der Waals surface area contributed by atoms with Gasteiger partial charge < -0.3 is 5.32 Å². The van der Waals surface area contributed by atoms with Gasteiger partial charge in [-0.2, -0.15) is 11.8 Å². The minimum atomic E-state index is 0.649. The molecule has 1 N–H and O–H groups in total. The van der Waals surface area contributed by atoms with Crippen LogP contribution >= 0.6 is 11.8 Å². The van der Waals surface area contributed by atoms with E-state index in [0.29, 0.717) is 6.04 Å². The molecule has 1 unspecified atom stereocenters. The lowest BCUT2D eigenvalue weighted by Crippen LogP contribution is -2.18. The fourth-order valence-electron chi connectivity index (χ4n) is 2.22. The van der Waals surface area contributed by atoms with Crippen LogP contribution in [-0.4, -0.2) is 17.5 Å².